The molecule has 1 unspecified atom stereocenters. The first-order valence-electron chi connectivity index (χ1n) is 5.76. The highest BCUT2D eigenvalue weighted by molar-refractivity contribution is 5.37. The maximum absolute atomic E-state index is 13.5. The molecule has 1 nitrogen and oxygen atoms in total. The second-order valence-corrected chi connectivity index (χ2v) is 4.49. The van der Waals surface area contributed by atoms with E-state index in [-0.39, 0.29) is 11.6 Å². The van der Waals surface area contributed by atoms with E-state index in [1.165, 1.54) is 18.2 Å². The summed E-state index contributed by atoms with van der Waals surface area (Å²) in [6.07, 6.45) is 0. The van der Waals surface area contributed by atoms with Crippen molar-refractivity contribution in [1.29, 1.82) is 0 Å². The molecule has 3 heteroatoms. The van der Waals surface area contributed by atoms with Gasteiger partial charge in [-0.1, -0.05) is 18.2 Å². The molecule has 2 aromatic carbocycles. The Hall–Kier alpha value is -1.74. The van der Waals surface area contributed by atoms with Crippen molar-refractivity contribution in [1.82, 2.24) is 0 Å². The second-order valence-electron chi connectivity index (χ2n) is 4.49. The summed E-state index contributed by atoms with van der Waals surface area (Å²) in [5.41, 5.74) is 8.86. The monoisotopic (exact) mass is 247 g/mol. The normalized spacial score (nSPS) is 12.5. The van der Waals surface area contributed by atoms with Crippen LogP contribution in [0.3, 0.4) is 0 Å². The van der Waals surface area contributed by atoms with Crippen LogP contribution in [0.25, 0.3) is 0 Å². The summed E-state index contributed by atoms with van der Waals surface area (Å²) in [6, 6.07) is 8.81. The molecule has 0 fully saturated rings. The Kier molecular flexibility index (Phi) is 3.43. The average molecular weight is 247 g/mol. The highest BCUT2D eigenvalue weighted by atomic mass is 19.1. The number of benzene rings is 2. The maximum atomic E-state index is 13.5. The van der Waals surface area contributed by atoms with E-state index in [2.05, 4.69) is 0 Å². The first-order chi connectivity index (χ1) is 8.49. The molecule has 0 heterocycles. The molecule has 0 aliphatic heterocycles. The molecule has 2 rings (SSSR count). The molecule has 0 aliphatic rings. The van der Waals surface area contributed by atoms with Crippen LogP contribution >= 0.6 is 0 Å². The molecule has 2 N–H and O–H groups in total. The lowest BCUT2D eigenvalue weighted by Crippen LogP contribution is -2.14. The van der Waals surface area contributed by atoms with Gasteiger partial charge in [0.05, 0.1) is 6.04 Å². The fraction of sp³-hybridized carbons (Fsp3) is 0.200. The largest absolute Gasteiger partial charge is 0.320 e. The lowest BCUT2D eigenvalue weighted by molar-refractivity contribution is 0.612. The zero-order chi connectivity index (χ0) is 13.3. The van der Waals surface area contributed by atoms with Crippen LogP contribution in [-0.4, -0.2) is 0 Å². The highest BCUT2D eigenvalue weighted by Gasteiger charge is 2.13. The molecule has 0 aromatic heterocycles. The summed E-state index contributed by atoms with van der Waals surface area (Å²) in [5, 5.41) is 0. The number of hydrogen-bond donors (Lipinski definition) is 1. The van der Waals surface area contributed by atoms with E-state index in [0.717, 1.165) is 5.56 Å². The quantitative estimate of drug-likeness (QED) is 0.861. The summed E-state index contributed by atoms with van der Waals surface area (Å²) in [7, 11) is 0. The van der Waals surface area contributed by atoms with Crippen LogP contribution in [0, 0.1) is 25.5 Å². The highest BCUT2D eigenvalue weighted by Crippen LogP contribution is 2.24. The third-order valence-corrected chi connectivity index (χ3v) is 3.13. The van der Waals surface area contributed by atoms with Gasteiger partial charge in [0.1, 0.15) is 11.6 Å². The fourth-order valence-electron chi connectivity index (χ4n) is 1.93. The van der Waals surface area contributed by atoms with Crippen molar-refractivity contribution in [3.8, 4) is 0 Å². The summed E-state index contributed by atoms with van der Waals surface area (Å²) >= 11 is 0. The van der Waals surface area contributed by atoms with Gasteiger partial charge in [0.25, 0.3) is 0 Å². The van der Waals surface area contributed by atoms with Gasteiger partial charge in [-0.25, -0.2) is 8.78 Å². The van der Waals surface area contributed by atoms with Gasteiger partial charge in [0.15, 0.2) is 0 Å². The van der Waals surface area contributed by atoms with Crippen molar-refractivity contribution in [3.05, 3.63) is 70.3 Å². The zero-order valence-corrected chi connectivity index (χ0v) is 10.4. The minimum Gasteiger partial charge on any atom is -0.320 e. The molecule has 0 amide bonds. The minimum absolute atomic E-state index is 0.294. The topological polar surface area (TPSA) is 26.0 Å². The van der Waals surface area contributed by atoms with E-state index in [4.69, 9.17) is 5.73 Å². The minimum atomic E-state index is -0.518. The van der Waals surface area contributed by atoms with Gasteiger partial charge in [0.2, 0.25) is 0 Å². The molecule has 18 heavy (non-hydrogen) atoms. The molecule has 2 aromatic rings. The van der Waals surface area contributed by atoms with Gasteiger partial charge in [-0.05, 0) is 54.3 Å². The zero-order valence-electron chi connectivity index (χ0n) is 10.4. The van der Waals surface area contributed by atoms with E-state index >= 15 is 0 Å². The van der Waals surface area contributed by atoms with E-state index in [1.54, 1.807) is 25.1 Å². The first kappa shape index (κ1) is 12.7. The number of aryl methyl sites for hydroxylation is 2. The van der Waals surface area contributed by atoms with E-state index in [1.807, 2.05) is 6.92 Å². The van der Waals surface area contributed by atoms with E-state index in [0.29, 0.717) is 16.7 Å². The SMILES string of the molecule is Cc1ccc(C(N)c2cc(F)ccc2C)cc1F. The first-order valence-corrected chi connectivity index (χ1v) is 5.76. The van der Waals surface area contributed by atoms with Crippen LogP contribution in [-0.2, 0) is 0 Å². The van der Waals surface area contributed by atoms with Crippen molar-refractivity contribution in [2.24, 2.45) is 5.73 Å². The molecule has 0 aliphatic carbocycles. The van der Waals surface area contributed by atoms with Crippen molar-refractivity contribution < 1.29 is 8.78 Å². The molecular weight excluding hydrogens is 232 g/mol. The van der Waals surface area contributed by atoms with Crippen LogP contribution in [0.5, 0.6) is 0 Å². The second kappa shape index (κ2) is 4.86. The smallest absolute Gasteiger partial charge is 0.126 e. The predicted octanol–water partition coefficient (Wildman–Crippen LogP) is 3.63. The average Bonchev–Trinajstić information content (AvgIpc) is 2.35. The molecule has 0 saturated heterocycles. The van der Waals surface area contributed by atoms with Gasteiger partial charge < -0.3 is 5.73 Å². The van der Waals surface area contributed by atoms with Crippen LogP contribution < -0.4 is 5.73 Å². The van der Waals surface area contributed by atoms with Crippen LogP contribution in [0.4, 0.5) is 8.78 Å². The van der Waals surface area contributed by atoms with Crippen molar-refractivity contribution >= 4 is 0 Å². The standard InChI is InChI=1S/C15H15F2N/c1-9-4-6-12(16)8-13(9)15(18)11-5-3-10(2)14(17)7-11/h3-8,15H,18H2,1-2H3. The summed E-state index contributed by atoms with van der Waals surface area (Å²) in [6.45, 7) is 3.55. The van der Waals surface area contributed by atoms with E-state index < -0.39 is 6.04 Å². The number of hydrogen-bond acceptors (Lipinski definition) is 1. The Labute approximate surface area is 105 Å². The molecule has 0 bridgehead atoms. The Bertz CT molecular complexity index is 579. The number of nitrogens with two attached hydrogens (primary N) is 1. The van der Waals surface area contributed by atoms with Gasteiger partial charge in [-0.3, -0.25) is 0 Å². The predicted molar refractivity (Wildman–Crippen MR) is 68.3 cm³/mol. The van der Waals surface area contributed by atoms with Gasteiger partial charge in [-0.2, -0.15) is 0 Å². The van der Waals surface area contributed by atoms with Gasteiger partial charge >= 0.3 is 0 Å². The third kappa shape index (κ3) is 2.41. The van der Waals surface area contributed by atoms with Gasteiger partial charge in [0, 0.05) is 0 Å². The Morgan fingerprint density at radius 2 is 1.61 bits per heavy atom. The Balaban J connectivity index is 2.44. The van der Waals surface area contributed by atoms with Crippen molar-refractivity contribution in [3.63, 3.8) is 0 Å². The fourth-order valence-corrected chi connectivity index (χ4v) is 1.93. The third-order valence-electron chi connectivity index (χ3n) is 3.13. The Morgan fingerprint density at radius 1 is 0.944 bits per heavy atom. The van der Waals surface area contributed by atoms with Crippen LogP contribution in [0.2, 0.25) is 0 Å². The summed E-state index contributed by atoms with van der Waals surface area (Å²) < 4.78 is 26.7. The van der Waals surface area contributed by atoms with Crippen molar-refractivity contribution in [2.75, 3.05) is 0 Å². The van der Waals surface area contributed by atoms with Crippen LogP contribution in [0.15, 0.2) is 36.4 Å². The number of halogens is 2. The van der Waals surface area contributed by atoms with Crippen LogP contribution in [0.1, 0.15) is 28.3 Å². The van der Waals surface area contributed by atoms with Crippen molar-refractivity contribution in [2.45, 2.75) is 19.9 Å². The maximum Gasteiger partial charge on any atom is 0.126 e. The molecule has 0 saturated carbocycles. The van der Waals surface area contributed by atoms with E-state index in [9.17, 15) is 8.78 Å². The molecular formula is C15H15F2N. The molecule has 0 radical (unpaired) electrons. The molecule has 1 atom stereocenters. The summed E-state index contributed by atoms with van der Waals surface area (Å²) in [5.74, 6) is -0.629. The molecule has 94 valence electrons. The molecule has 0 spiro atoms. The Morgan fingerprint density at radius 3 is 2.28 bits per heavy atom. The number of rotatable bonds is 2. The lowest BCUT2D eigenvalue weighted by atomic mass is 9.95. The lowest BCUT2D eigenvalue weighted by Gasteiger charge is -2.16. The van der Waals surface area contributed by atoms with Gasteiger partial charge in [-0.15, -0.1) is 0 Å². The summed E-state index contributed by atoms with van der Waals surface area (Å²) in [4.78, 5) is 0.